The second-order valence-corrected chi connectivity index (χ2v) is 36.1. The quantitative estimate of drug-likeness (QED) is 0.0324. The number of likely N-dealkylation sites (N-methyl/N-ethyl adjacent to an activating group) is 4. The Labute approximate surface area is 686 Å². The van der Waals surface area contributed by atoms with E-state index in [-0.39, 0.29) is 52.9 Å². The van der Waals surface area contributed by atoms with Crippen molar-refractivity contribution in [1.29, 1.82) is 0 Å². The van der Waals surface area contributed by atoms with Crippen molar-refractivity contribution in [1.82, 2.24) is 85.4 Å². The van der Waals surface area contributed by atoms with Gasteiger partial charge in [-0.05, 0) is 177 Å². The first-order chi connectivity index (χ1) is 56.2. The molecule has 15 heterocycles. The summed E-state index contributed by atoms with van der Waals surface area (Å²) < 4.78 is 5.89. The maximum atomic E-state index is 12.8. The highest BCUT2D eigenvalue weighted by Crippen LogP contribution is 2.37. The Morgan fingerprint density at radius 1 is 0.457 bits per heavy atom. The maximum Gasteiger partial charge on any atom is 0.297 e. The van der Waals surface area contributed by atoms with E-state index in [1.54, 1.807) is 6.20 Å². The van der Waals surface area contributed by atoms with Crippen molar-refractivity contribution in [2.75, 3.05) is 100 Å². The minimum atomic E-state index is -0.215. The van der Waals surface area contributed by atoms with Crippen molar-refractivity contribution in [2.45, 2.75) is 179 Å². The predicted octanol–water partition coefficient (Wildman–Crippen LogP) is 13.6. The third-order valence-corrected chi connectivity index (χ3v) is 27.7. The lowest BCUT2D eigenvalue weighted by molar-refractivity contribution is 0.0924. The highest BCUT2D eigenvalue weighted by Gasteiger charge is 2.42. The van der Waals surface area contributed by atoms with Gasteiger partial charge in [0.2, 0.25) is 22.0 Å². The first kappa shape index (κ1) is 79.8. The summed E-state index contributed by atoms with van der Waals surface area (Å²) in [6, 6.07) is 38.0. The Kier molecular flexibility index (Phi) is 24.1. The highest BCUT2D eigenvalue weighted by molar-refractivity contribution is 7.17. The molecule has 0 radical (unpaired) electrons. The van der Waals surface area contributed by atoms with E-state index in [1.807, 2.05) is 43.5 Å². The van der Waals surface area contributed by atoms with Gasteiger partial charge in [-0.3, -0.25) is 43.9 Å². The molecule has 0 saturated carbocycles. The maximum absolute atomic E-state index is 12.8. The van der Waals surface area contributed by atoms with Crippen LogP contribution in [0.2, 0.25) is 0 Å². The standard InChI is InChI=1S/C23H28N4O2.C22H27N5OS.C22H29N5OS.C21H27N7O/c1-15(9-16-11-24-20-6-4-3-5-19(16)20)10-21(28)22-12-25-23(29-22)27-13-17-7-8-18(14-27)26(17)2;1-14(9-15-11-23-19-6-4-3-5-18(15)19)10-20(28)21-24-25-22(29-21)27-12-16-7-8-17(13-27)26(16)2;1-14(9-17-11-23-19-8-6-5-7-18(17)19)10-20(28)21-24-25-22(29-21)27-12-15(2)26(4)16(3)13-27;1-13(9-14-10-22-18-6-4-3-5-17(14)18)23-20(29)19-24-21(26-25-19)28-11-15-7-8-16(12-28)27(15)2/h3-6,11-12,15,17-18,24H,7-10,13-14H2,1-2H3;3-6,11,14,16-17,23H,7-10,12-13H2,1-2H3;5-8,11,14-16,23H,9-10,12-13H2,1-4H3;3-6,10,13,15-16,22H,7-9,11-12H2,1-2H3,(H,23,29)(H,24,25,26)/t;;14?,15-,16+;. The van der Waals surface area contributed by atoms with Crippen molar-refractivity contribution in [3.63, 3.8) is 0 Å². The number of Topliss-reactive ketones (excluding diaryl/α,β-unsaturated/α-hetero) is 3. The molecule has 10 unspecified atom stereocenters. The SMILES string of the molecule is CC(CC(=O)c1cnc(N2CC3CCC(C2)N3C)o1)Cc1c[nH]c2ccccc12.CC(CC(=O)c1nnc(N2CC3CCC(C2)N3C)s1)Cc1c[nH]c2ccccc12.CC(CC(=O)c1nnc(N2C[C@@H](C)N(C)[C@@H](C)C2)s1)Cc1c[nH]c2ccccc12.CC(Cc1c[nH]c2ccccc12)NC(=O)c1nc(N2CC3CCC(C2)N3C)n[nH]1. The van der Waals surface area contributed by atoms with Crippen LogP contribution in [0.15, 0.2) is 132 Å². The van der Waals surface area contributed by atoms with Gasteiger partial charge in [-0.15, -0.1) is 25.5 Å². The lowest BCUT2D eigenvalue weighted by Crippen LogP contribution is -2.55. The van der Waals surface area contributed by atoms with Gasteiger partial charge in [0.15, 0.2) is 33.1 Å². The molecule has 7 saturated heterocycles. The van der Waals surface area contributed by atoms with Crippen LogP contribution in [0.1, 0.15) is 162 Å². The van der Waals surface area contributed by atoms with Crippen LogP contribution >= 0.6 is 22.7 Å². The molecule has 6 N–H and O–H groups in total. The smallest absolute Gasteiger partial charge is 0.297 e. The zero-order valence-corrected chi connectivity index (χ0v) is 70.1. The number of anilines is 4. The fraction of sp³-hybridized carbons (Fsp3) is 0.489. The number of nitrogens with one attached hydrogen (secondary N) is 6. The van der Waals surface area contributed by atoms with E-state index in [1.165, 1.54) is 105 Å². The monoisotopic (exact) mass is 1610 g/mol. The van der Waals surface area contributed by atoms with E-state index < -0.39 is 0 Å². The number of aromatic nitrogens is 12. The van der Waals surface area contributed by atoms with Crippen molar-refractivity contribution in [2.24, 2.45) is 17.8 Å². The van der Waals surface area contributed by atoms with Crippen LogP contribution in [-0.4, -0.2) is 238 Å². The topological polar surface area (TPSA) is 289 Å². The number of carbonyl (C=O) groups is 4. The zero-order chi connectivity index (χ0) is 80.4. The second kappa shape index (κ2) is 35.1. The molecule has 1 amide bonds. The number of hydrogen-bond acceptors (Lipinski definition) is 22. The van der Waals surface area contributed by atoms with E-state index in [2.05, 4.69) is 253 Å². The Balaban J connectivity index is 0.000000116. The van der Waals surface area contributed by atoms with Crippen molar-refractivity contribution in [3.8, 4) is 0 Å². The third kappa shape index (κ3) is 17.8. The molecule has 116 heavy (non-hydrogen) atoms. The summed E-state index contributed by atoms with van der Waals surface area (Å²) in [6.07, 6.45) is 22.0. The minimum absolute atomic E-state index is 0.0188. The van der Waals surface area contributed by atoms with Gasteiger partial charge < -0.3 is 49.3 Å². The van der Waals surface area contributed by atoms with Crippen molar-refractivity contribution in [3.05, 3.63) is 172 Å². The van der Waals surface area contributed by atoms with E-state index in [4.69, 9.17) is 4.42 Å². The summed E-state index contributed by atoms with van der Waals surface area (Å²) in [5.74, 6) is 2.05. The number of fused-ring (bicyclic) bond motifs is 10. The van der Waals surface area contributed by atoms with Crippen LogP contribution in [-0.2, 0) is 25.7 Å². The number of benzene rings is 4. The summed E-state index contributed by atoms with van der Waals surface area (Å²) in [5, 5.41) is 35.1. The van der Waals surface area contributed by atoms with Gasteiger partial charge in [0.05, 0.1) is 6.20 Å². The van der Waals surface area contributed by atoms with Crippen molar-refractivity contribution >= 4 is 112 Å². The molecular formula is C88H111N21O5S2. The molecule has 7 aliphatic heterocycles. The number of H-pyrrole nitrogens is 5. The molecule has 19 rings (SSSR count). The number of ketones is 3. The molecule has 28 heteroatoms. The number of carbonyl (C=O) groups excluding carboxylic acids is 4. The molecular weight excluding hydrogens is 1500 g/mol. The minimum Gasteiger partial charge on any atom is -0.420 e. The summed E-state index contributed by atoms with van der Waals surface area (Å²) in [7, 11) is 8.80. The third-order valence-electron chi connectivity index (χ3n) is 25.7. The summed E-state index contributed by atoms with van der Waals surface area (Å²) >= 11 is 2.90. The molecule has 7 aliphatic rings. The predicted molar refractivity (Wildman–Crippen MR) is 461 cm³/mol. The number of rotatable bonds is 23. The number of hydrogen-bond donors (Lipinski definition) is 6. The summed E-state index contributed by atoms with van der Waals surface area (Å²) in [5.41, 5.74) is 9.53. The number of amides is 1. The highest BCUT2D eigenvalue weighted by atomic mass is 32.1. The molecule has 8 aromatic heterocycles. The Morgan fingerprint density at radius 3 is 1.23 bits per heavy atom. The van der Waals surface area contributed by atoms with Crippen LogP contribution in [0.5, 0.6) is 0 Å². The van der Waals surface area contributed by atoms with Crippen LogP contribution in [0, 0.1) is 17.8 Å². The summed E-state index contributed by atoms with van der Waals surface area (Å²) in [6.45, 7) is 20.4. The largest absolute Gasteiger partial charge is 0.420 e. The molecule has 26 nitrogen and oxygen atoms in total. The average molecular weight is 1610 g/mol. The summed E-state index contributed by atoms with van der Waals surface area (Å²) in [4.78, 5) is 92.0. The number of aromatic amines is 5. The van der Waals surface area contributed by atoms with Gasteiger partial charge in [0, 0.05) is 194 Å². The molecule has 0 spiro atoms. The van der Waals surface area contributed by atoms with Gasteiger partial charge in [-0.25, -0.2) is 4.98 Å². The Bertz CT molecular complexity index is 4720. The number of para-hydroxylation sites is 4. The Hall–Kier alpha value is -9.97. The van der Waals surface area contributed by atoms with E-state index in [9.17, 15) is 19.2 Å². The van der Waals surface area contributed by atoms with Gasteiger partial charge >= 0.3 is 0 Å². The molecule has 12 aromatic rings. The number of oxazole rings is 1. The molecule has 4 aromatic carbocycles. The van der Waals surface area contributed by atoms with E-state index in [0.717, 1.165) is 110 Å². The van der Waals surface area contributed by atoms with Gasteiger partial charge in [-0.1, -0.05) is 116 Å². The van der Waals surface area contributed by atoms with Gasteiger partial charge in [-0.2, -0.15) is 4.98 Å². The first-order valence-corrected chi connectivity index (χ1v) is 43.3. The van der Waals surface area contributed by atoms with Crippen LogP contribution in [0.4, 0.5) is 22.2 Å². The van der Waals surface area contributed by atoms with Gasteiger partial charge in [0.1, 0.15) is 0 Å². The van der Waals surface area contributed by atoms with Crippen LogP contribution in [0.25, 0.3) is 43.6 Å². The number of nitrogens with zero attached hydrogens (tertiary/aromatic N) is 15. The van der Waals surface area contributed by atoms with Crippen LogP contribution in [0.3, 0.4) is 0 Å². The lowest BCUT2D eigenvalue weighted by atomic mass is 9.95. The molecule has 0 aliphatic carbocycles. The molecule has 7 fully saturated rings. The zero-order valence-electron chi connectivity index (χ0n) is 68.5. The normalized spacial score (nSPS) is 22.6. The average Bonchev–Trinajstić information content (AvgIpc) is 1.65. The Morgan fingerprint density at radius 2 is 0.819 bits per heavy atom. The van der Waals surface area contributed by atoms with Gasteiger partial charge in [0.25, 0.3) is 11.9 Å². The lowest BCUT2D eigenvalue weighted by Gasteiger charge is -2.42. The first-order valence-electron chi connectivity index (χ1n) is 41.7. The number of piperazine rings is 4. The van der Waals surface area contributed by atoms with E-state index in [0.29, 0.717) is 95.3 Å². The van der Waals surface area contributed by atoms with E-state index >= 15 is 0 Å². The second-order valence-electron chi connectivity index (χ2n) is 34.2. The fourth-order valence-corrected chi connectivity index (χ4v) is 20.4. The fourth-order valence-electron chi connectivity index (χ4n) is 18.8. The molecule has 6 bridgehead atoms. The molecule has 12 atom stereocenters. The van der Waals surface area contributed by atoms with Crippen LogP contribution < -0.4 is 24.9 Å². The molecule has 610 valence electrons. The van der Waals surface area contributed by atoms with Crippen molar-refractivity contribution < 1.29 is 23.6 Å².